The van der Waals surface area contributed by atoms with E-state index in [9.17, 15) is 0 Å². The Bertz CT molecular complexity index is 414. The van der Waals surface area contributed by atoms with Gasteiger partial charge in [0.15, 0.2) is 0 Å². The summed E-state index contributed by atoms with van der Waals surface area (Å²) in [6.07, 6.45) is 23.7. The summed E-state index contributed by atoms with van der Waals surface area (Å²) in [6, 6.07) is 0. The molecule has 0 aliphatic rings. The number of unbranched alkanes of at least 4 members (excludes halogenated alkanes) is 8. The summed E-state index contributed by atoms with van der Waals surface area (Å²) in [6.45, 7) is 29.5. The SMILES string of the molecule is C[CH-]CC[N+](CCCC)(CCCC)CCCC.C[CH-]CC[N+](CCCC)(CCCC)CCCC.C[NH2+]C.C[NH2+]C.[H+].[H+].[Mo].[Mo].[Mo].[Mo].[Mo].[Mo].[Mo].[Mo].[O-2].[O-2].[O-2].[O-2].[O-2].[O-2].[O-2].[O-2].[O-2].[O-2].[O-2].[O-2].[O-2].[O-2].[O-2].[O-2].[O-2].[O-2].[O-2].[O-2].[O-2].[O-2].[O-2].[O-2].[O-2].[O-2]. The fourth-order valence-corrected chi connectivity index (χ4v) is 5.11. The molecule has 0 saturated carbocycles. The van der Waals surface area contributed by atoms with E-state index in [0.29, 0.717) is 0 Å². The quantitative estimate of drug-likeness (QED) is 0.0773. The van der Waals surface area contributed by atoms with Crippen molar-refractivity contribution in [2.45, 2.75) is 145 Å². The van der Waals surface area contributed by atoms with E-state index in [4.69, 9.17) is 0 Å². The average molecular weight is 1760 g/mol. The van der Waals surface area contributed by atoms with Crippen LogP contribution in [0, 0.1) is 12.8 Å². The van der Waals surface area contributed by atoms with Crippen LogP contribution in [0.25, 0.3) is 0 Å². The second-order valence-corrected chi connectivity index (χ2v) is 12.1. The van der Waals surface area contributed by atoms with Gasteiger partial charge in [0.2, 0.25) is 0 Å². The van der Waals surface area contributed by atoms with Gasteiger partial charge in [0.25, 0.3) is 0 Å². The topological polar surface area (TPSA) is 774 Å². The second kappa shape index (κ2) is 251. The molecule has 0 unspecified atom stereocenters. The van der Waals surface area contributed by atoms with Gasteiger partial charge in [-0.15, -0.1) is 12.8 Å². The molecule has 30 nitrogen and oxygen atoms in total. The molecule has 4 N–H and O–H groups in total. The second-order valence-electron chi connectivity index (χ2n) is 12.1. The smallest absolute Gasteiger partial charge is 1.00 e. The van der Waals surface area contributed by atoms with E-state index in [-0.39, 0.29) is 314 Å². The first-order chi connectivity index (χ1) is 19.3. The molecule has 0 saturated heterocycles. The Hall–Kier alpha value is 4.31. The molecule has 0 aromatic heterocycles. The van der Waals surface area contributed by atoms with Crippen LogP contribution in [-0.2, 0) is 311 Å². The van der Waals surface area contributed by atoms with E-state index in [2.05, 4.69) is 68.2 Å². The van der Waals surface area contributed by atoms with Crippen LogP contribution < -0.4 is 10.6 Å². The summed E-state index contributed by atoms with van der Waals surface area (Å²) < 4.78 is 2.78. The Kier molecular flexibility index (Phi) is 979. The van der Waals surface area contributed by atoms with E-state index in [1.54, 1.807) is 0 Å². The normalized spacial score (nSPS) is 6.00. The first-order valence-corrected chi connectivity index (χ1v) is 18.1. The van der Waals surface area contributed by atoms with Gasteiger partial charge in [0, 0.05) is 169 Å². The zero-order valence-corrected chi connectivity index (χ0v) is 60.7. The third-order valence-electron chi connectivity index (χ3n) is 7.70. The molecule has 0 amide bonds. The van der Waals surface area contributed by atoms with E-state index < -0.39 is 0 Å². The Morgan fingerprint density at radius 2 is 0.338 bits per heavy atom. The van der Waals surface area contributed by atoms with Crippen molar-refractivity contribution >= 4 is 0 Å². The minimum Gasteiger partial charge on any atom is -2.00 e. The molecule has 0 spiro atoms. The van der Waals surface area contributed by atoms with Gasteiger partial charge in [-0.05, 0) is 38.5 Å². The van der Waals surface area contributed by atoms with E-state index in [0.717, 1.165) is 0 Å². The minimum atomic E-state index is 0. The molecule has 0 aliphatic heterocycles. The molecular formula is C36H88Mo8N4O26-48. The molecule has 0 atom stereocenters. The third kappa shape index (κ3) is 220. The average Bonchev–Trinajstić information content (AvgIpc) is 2.97. The van der Waals surface area contributed by atoms with Crippen molar-refractivity contribution in [2.75, 3.05) is 80.5 Å². The van der Waals surface area contributed by atoms with Crippen molar-refractivity contribution in [1.29, 1.82) is 0 Å². The largest absolute Gasteiger partial charge is 2.00 e. The molecule has 0 aliphatic carbocycles. The molecule has 0 rings (SSSR count). The van der Waals surface area contributed by atoms with Crippen LogP contribution in [0.2, 0.25) is 0 Å². The van der Waals surface area contributed by atoms with Gasteiger partial charge >= 0.3 is 2.85 Å². The fraction of sp³-hybridized carbons (Fsp3) is 0.944. The summed E-state index contributed by atoms with van der Waals surface area (Å²) in [5.41, 5.74) is 0. The maximum atomic E-state index is 2.34. The molecule has 38 heteroatoms. The third-order valence-corrected chi connectivity index (χ3v) is 7.70. The van der Waals surface area contributed by atoms with Crippen molar-refractivity contribution in [1.82, 2.24) is 0 Å². The Morgan fingerprint density at radius 3 is 0.405 bits per heavy atom. The van der Waals surface area contributed by atoms with Crippen molar-refractivity contribution in [3.8, 4) is 0 Å². The van der Waals surface area contributed by atoms with Crippen molar-refractivity contribution < 1.29 is 333 Å². The van der Waals surface area contributed by atoms with Crippen LogP contribution in [-0.4, -0.2) is 89.5 Å². The summed E-state index contributed by atoms with van der Waals surface area (Å²) in [4.78, 5) is 0. The van der Waals surface area contributed by atoms with Crippen LogP contribution in [0.15, 0.2) is 0 Å². The van der Waals surface area contributed by atoms with Crippen LogP contribution in [0.4, 0.5) is 0 Å². The van der Waals surface area contributed by atoms with Crippen molar-refractivity contribution in [3.05, 3.63) is 12.8 Å². The van der Waals surface area contributed by atoms with Crippen LogP contribution in [0.5, 0.6) is 0 Å². The summed E-state index contributed by atoms with van der Waals surface area (Å²) in [7, 11) is 8.00. The Balaban J connectivity index is -0.00000000566. The zero-order valence-electron chi connectivity index (χ0n) is 46.6. The predicted molar refractivity (Wildman–Crippen MR) is 206 cm³/mol. The van der Waals surface area contributed by atoms with Gasteiger partial charge < -0.3 is 175 Å². The molecule has 0 aromatic carbocycles. The number of rotatable bonds is 24. The number of nitrogens with two attached hydrogens (primary N) is 2. The first-order valence-electron chi connectivity index (χ1n) is 18.1. The van der Waals surface area contributed by atoms with Crippen LogP contribution in [0.3, 0.4) is 0 Å². The Morgan fingerprint density at radius 1 is 0.243 bits per heavy atom. The van der Waals surface area contributed by atoms with E-state index >= 15 is 0 Å². The van der Waals surface area contributed by atoms with Gasteiger partial charge in [-0.25, -0.2) is 0 Å². The maximum absolute atomic E-state index is 2.34. The van der Waals surface area contributed by atoms with E-state index in [1.807, 2.05) is 38.8 Å². The molecular weight excluding hydrogens is 1670 g/mol. The summed E-state index contributed by atoms with van der Waals surface area (Å²) in [5.74, 6) is 0. The van der Waals surface area contributed by atoms with Crippen LogP contribution >= 0.6 is 0 Å². The Labute approximate surface area is 566 Å². The molecule has 0 radical (unpaired) electrons. The van der Waals surface area contributed by atoms with Gasteiger partial charge in [0.1, 0.15) is 0 Å². The molecule has 0 aromatic rings. The molecule has 504 valence electrons. The molecule has 0 heterocycles. The monoisotopic (exact) mass is 1780 g/mol. The molecule has 74 heavy (non-hydrogen) atoms. The predicted octanol–water partition coefficient (Wildman–Crippen LogP) is 4.37. The van der Waals surface area contributed by atoms with Crippen molar-refractivity contribution in [3.63, 3.8) is 0 Å². The number of hydrogen-bond acceptors (Lipinski definition) is 0. The van der Waals surface area contributed by atoms with E-state index in [1.165, 1.54) is 151 Å². The van der Waals surface area contributed by atoms with Gasteiger partial charge in [-0.2, -0.15) is 13.8 Å². The van der Waals surface area contributed by atoms with Gasteiger partial charge in [0.05, 0.1) is 80.5 Å². The summed E-state index contributed by atoms with van der Waals surface area (Å²) in [5, 5.41) is 4.00. The minimum absolute atomic E-state index is 0. The maximum Gasteiger partial charge on any atom is 1.00 e. The van der Waals surface area contributed by atoms with Gasteiger partial charge in [-0.3, -0.25) is 0 Å². The van der Waals surface area contributed by atoms with Gasteiger partial charge in [-0.1, -0.05) is 80.1 Å². The van der Waals surface area contributed by atoms with Crippen LogP contribution in [0.1, 0.15) is 148 Å². The summed E-state index contributed by atoms with van der Waals surface area (Å²) >= 11 is 0. The zero-order chi connectivity index (χ0) is 31.4. The fourth-order valence-electron chi connectivity index (χ4n) is 5.11. The standard InChI is InChI=1S/2C16H35N.2C2H7N.8Mo.26O/c2*1-5-9-13-17(14-10-6-2,15-11-7-3)16-12-8-4;2*1-3-2;;;;;;;;;;;;;;;;;;;;;;;;;;;;;;;;;;/h2*5H,6-16H2,1-4H3;2*3H,1-2H3;;;;;;;;;;;;;;;;;;;;;;;;;;;;;;;;;;/q;;;;;;;;;;;;26*-2/p+4. The molecule has 0 bridgehead atoms. The first kappa shape index (κ1) is 288. The number of hydrogen-bond donors (Lipinski definition) is 2. The molecule has 0 fully saturated rings. The van der Waals surface area contributed by atoms with Crippen molar-refractivity contribution in [2.24, 2.45) is 0 Å². The number of nitrogens with zero attached hydrogens (tertiary/aromatic N) is 2. The number of quaternary nitrogens is 4.